The summed E-state index contributed by atoms with van der Waals surface area (Å²) in [5, 5.41) is 10.7. The third-order valence-corrected chi connectivity index (χ3v) is 3.09. The first-order valence-electron chi connectivity index (χ1n) is 6.27. The third-order valence-electron chi connectivity index (χ3n) is 3.09. The van der Waals surface area contributed by atoms with E-state index in [9.17, 15) is 10.1 Å². The Hall–Kier alpha value is -2.40. The molecule has 2 N–H and O–H groups in total. The monoisotopic (exact) mass is 272 g/mol. The third kappa shape index (κ3) is 2.95. The van der Waals surface area contributed by atoms with E-state index < -0.39 is 4.92 Å². The SMILES string of the molecule is COc1ccc(CCN)cc1-c1ccc([N+](=O)[O-])cc1. The average molecular weight is 272 g/mol. The molecule has 20 heavy (non-hydrogen) atoms. The summed E-state index contributed by atoms with van der Waals surface area (Å²) >= 11 is 0. The molecule has 0 heterocycles. The highest BCUT2D eigenvalue weighted by Crippen LogP contribution is 2.32. The molecule has 104 valence electrons. The van der Waals surface area contributed by atoms with E-state index in [1.807, 2.05) is 18.2 Å². The number of non-ortho nitro benzene ring substituents is 1. The Morgan fingerprint density at radius 1 is 1.20 bits per heavy atom. The van der Waals surface area contributed by atoms with Crippen molar-refractivity contribution in [2.45, 2.75) is 6.42 Å². The van der Waals surface area contributed by atoms with Gasteiger partial charge in [0.2, 0.25) is 0 Å². The molecule has 0 aliphatic heterocycles. The van der Waals surface area contributed by atoms with Gasteiger partial charge in [-0.05, 0) is 48.4 Å². The molecule has 0 amide bonds. The largest absolute Gasteiger partial charge is 0.496 e. The van der Waals surface area contributed by atoms with Crippen molar-refractivity contribution >= 4 is 5.69 Å². The zero-order valence-corrected chi connectivity index (χ0v) is 11.2. The van der Waals surface area contributed by atoms with Crippen LogP contribution in [0.4, 0.5) is 5.69 Å². The molecule has 0 aliphatic rings. The maximum absolute atomic E-state index is 10.7. The van der Waals surface area contributed by atoms with Gasteiger partial charge < -0.3 is 10.5 Å². The van der Waals surface area contributed by atoms with Crippen molar-refractivity contribution in [1.29, 1.82) is 0 Å². The molecule has 5 heteroatoms. The Morgan fingerprint density at radius 2 is 1.90 bits per heavy atom. The predicted molar refractivity (Wildman–Crippen MR) is 77.8 cm³/mol. The van der Waals surface area contributed by atoms with Gasteiger partial charge in [0.1, 0.15) is 5.75 Å². The highest BCUT2D eigenvalue weighted by molar-refractivity contribution is 5.72. The molecule has 2 rings (SSSR count). The molecule has 2 aromatic rings. The summed E-state index contributed by atoms with van der Waals surface area (Å²) in [6.45, 7) is 0.575. The van der Waals surface area contributed by atoms with Crippen LogP contribution in [-0.4, -0.2) is 18.6 Å². The van der Waals surface area contributed by atoms with E-state index in [1.165, 1.54) is 12.1 Å². The van der Waals surface area contributed by atoms with Crippen molar-refractivity contribution in [3.63, 3.8) is 0 Å². The van der Waals surface area contributed by atoms with Crippen LogP contribution in [-0.2, 0) is 6.42 Å². The smallest absolute Gasteiger partial charge is 0.269 e. The molecule has 0 saturated carbocycles. The molecule has 0 aromatic heterocycles. The number of rotatable bonds is 5. The number of methoxy groups -OCH3 is 1. The van der Waals surface area contributed by atoms with Crippen molar-refractivity contribution in [2.24, 2.45) is 5.73 Å². The van der Waals surface area contributed by atoms with Crippen LogP contribution in [0.1, 0.15) is 5.56 Å². The summed E-state index contributed by atoms with van der Waals surface area (Å²) in [7, 11) is 1.60. The Balaban J connectivity index is 2.43. The van der Waals surface area contributed by atoms with E-state index in [0.29, 0.717) is 6.54 Å². The van der Waals surface area contributed by atoms with Crippen LogP contribution in [0.3, 0.4) is 0 Å². The number of benzene rings is 2. The average Bonchev–Trinajstić information content (AvgIpc) is 2.47. The number of nitrogens with zero attached hydrogens (tertiary/aromatic N) is 1. The van der Waals surface area contributed by atoms with Crippen LogP contribution >= 0.6 is 0 Å². The Morgan fingerprint density at radius 3 is 2.45 bits per heavy atom. The summed E-state index contributed by atoms with van der Waals surface area (Å²) < 4.78 is 5.35. The van der Waals surface area contributed by atoms with Crippen molar-refractivity contribution in [2.75, 3.05) is 13.7 Å². The number of nitro benzene ring substituents is 1. The fourth-order valence-corrected chi connectivity index (χ4v) is 2.07. The first kappa shape index (κ1) is 14.0. The molecular formula is C15H16N2O3. The molecule has 0 bridgehead atoms. The van der Waals surface area contributed by atoms with E-state index in [0.717, 1.165) is 28.9 Å². The summed E-state index contributed by atoms with van der Waals surface area (Å²) in [5.41, 5.74) is 8.55. The lowest BCUT2D eigenvalue weighted by atomic mass is 10.0. The number of nitro groups is 1. The minimum atomic E-state index is -0.411. The van der Waals surface area contributed by atoms with E-state index in [2.05, 4.69) is 0 Å². The quantitative estimate of drug-likeness (QED) is 0.670. The van der Waals surface area contributed by atoms with Gasteiger partial charge >= 0.3 is 0 Å². The summed E-state index contributed by atoms with van der Waals surface area (Å²) in [6, 6.07) is 12.3. The lowest BCUT2D eigenvalue weighted by molar-refractivity contribution is -0.384. The standard InChI is InChI=1S/C15H16N2O3/c1-20-15-7-2-11(8-9-16)10-14(15)12-3-5-13(6-4-12)17(18)19/h2-7,10H,8-9,16H2,1H3. The van der Waals surface area contributed by atoms with Crippen LogP contribution in [0.5, 0.6) is 5.75 Å². The molecule has 0 radical (unpaired) electrons. The molecule has 0 saturated heterocycles. The summed E-state index contributed by atoms with van der Waals surface area (Å²) in [6.07, 6.45) is 0.782. The number of hydrogen-bond acceptors (Lipinski definition) is 4. The molecular weight excluding hydrogens is 256 g/mol. The fourth-order valence-electron chi connectivity index (χ4n) is 2.07. The second-order valence-corrected chi connectivity index (χ2v) is 4.38. The first-order chi connectivity index (χ1) is 9.65. The van der Waals surface area contributed by atoms with Crippen LogP contribution in [0.25, 0.3) is 11.1 Å². The van der Waals surface area contributed by atoms with E-state index in [4.69, 9.17) is 10.5 Å². The zero-order valence-electron chi connectivity index (χ0n) is 11.2. The Kier molecular flexibility index (Phi) is 4.32. The topological polar surface area (TPSA) is 78.4 Å². The highest BCUT2D eigenvalue weighted by atomic mass is 16.6. The van der Waals surface area contributed by atoms with E-state index >= 15 is 0 Å². The van der Waals surface area contributed by atoms with Crippen molar-refractivity contribution in [3.8, 4) is 16.9 Å². The van der Waals surface area contributed by atoms with Crippen LogP contribution in [0, 0.1) is 10.1 Å². The molecule has 0 atom stereocenters. The van der Waals surface area contributed by atoms with Gasteiger partial charge in [-0.3, -0.25) is 10.1 Å². The van der Waals surface area contributed by atoms with Gasteiger partial charge in [-0.2, -0.15) is 0 Å². The number of hydrogen-bond donors (Lipinski definition) is 1. The second kappa shape index (κ2) is 6.16. The van der Waals surface area contributed by atoms with Gasteiger partial charge in [-0.15, -0.1) is 0 Å². The maximum Gasteiger partial charge on any atom is 0.269 e. The molecule has 0 aliphatic carbocycles. The summed E-state index contributed by atoms with van der Waals surface area (Å²) in [4.78, 5) is 10.3. The molecule has 0 fully saturated rings. The van der Waals surface area contributed by atoms with E-state index in [1.54, 1.807) is 19.2 Å². The van der Waals surface area contributed by atoms with E-state index in [-0.39, 0.29) is 5.69 Å². The van der Waals surface area contributed by atoms with Crippen molar-refractivity contribution in [3.05, 3.63) is 58.1 Å². The van der Waals surface area contributed by atoms with Gasteiger partial charge in [0, 0.05) is 17.7 Å². The Bertz CT molecular complexity index is 609. The van der Waals surface area contributed by atoms with Crippen LogP contribution < -0.4 is 10.5 Å². The zero-order chi connectivity index (χ0) is 14.5. The number of nitrogens with two attached hydrogens (primary N) is 1. The lowest BCUT2D eigenvalue weighted by Crippen LogP contribution is -2.03. The fraction of sp³-hybridized carbons (Fsp3) is 0.200. The minimum absolute atomic E-state index is 0.0748. The molecule has 0 spiro atoms. The first-order valence-corrected chi connectivity index (χ1v) is 6.27. The molecule has 2 aromatic carbocycles. The lowest BCUT2D eigenvalue weighted by Gasteiger charge is -2.10. The van der Waals surface area contributed by atoms with Crippen LogP contribution in [0.2, 0.25) is 0 Å². The highest BCUT2D eigenvalue weighted by Gasteiger charge is 2.09. The van der Waals surface area contributed by atoms with Crippen molar-refractivity contribution in [1.82, 2.24) is 0 Å². The van der Waals surface area contributed by atoms with Gasteiger partial charge in [-0.25, -0.2) is 0 Å². The maximum atomic E-state index is 10.7. The minimum Gasteiger partial charge on any atom is -0.496 e. The predicted octanol–water partition coefficient (Wildman–Crippen LogP) is 2.77. The second-order valence-electron chi connectivity index (χ2n) is 4.38. The van der Waals surface area contributed by atoms with Gasteiger partial charge in [0.25, 0.3) is 5.69 Å². The Labute approximate surface area is 117 Å². The van der Waals surface area contributed by atoms with Crippen molar-refractivity contribution < 1.29 is 9.66 Å². The van der Waals surface area contributed by atoms with Gasteiger partial charge in [-0.1, -0.05) is 6.07 Å². The summed E-state index contributed by atoms with van der Waals surface area (Å²) in [5.74, 6) is 0.736. The molecule has 5 nitrogen and oxygen atoms in total. The van der Waals surface area contributed by atoms with Gasteiger partial charge in [0.05, 0.1) is 12.0 Å². The van der Waals surface area contributed by atoms with Crippen LogP contribution in [0.15, 0.2) is 42.5 Å². The molecule has 0 unspecified atom stereocenters. The number of ether oxygens (including phenoxy) is 1. The normalized spacial score (nSPS) is 10.3. The van der Waals surface area contributed by atoms with Gasteiger partial charge in [0.15, 0.2) is 0 Å².